The number of hydrogen-bond donors (Lipinski definition) is 1. The molecule has 2 rings (SSSR count). The van der Waals surface area contributed by atoms with Crippen LogP contribution in [0.3, 0.4) is 0 Å². The Morgan fingerprint density at radius 3 is 2.78 bits per heavy atom. The van der Waals surface area contributed by atoms with Crippen LogP contribution in [0.5, 0.6) is 11.5 Å². The van der Waals surface area contributed by atoms with Crippen LogP contribution in [0.15, 0.2) is 48.2 Å². The summed E-state index contributed by atoms with van der Waals surface area (Å²) >= 11 is 5.91. The number of pyridine rings is 1. The fourth-order valence-corrected chi connectivity index (χ4v) is 2.62. The van der Waals surface area contributed by atoms with E-state index in [9.17, 15) is 4.79 Å². The molecular weight excluding hydrogens is 366 g/mol. The molecule has 6 nitrogen and oxygen atoms in total. The average molecular weight is 388 g/mol. The summed E-state index contributed by atoms with van der Waals surface area (Å²) in [5.41, 5.74) is 4.39. The van der Waals surface area contributed by atoms with Crippen molar-refractivity contribution in [1.82, 2.24) is 10.4 Å². The number of carbonyl (C=O) groups excluding carboxylic acids is 1. The van der Waals surface area contributed by atoms with Gasteiger partial charge < -0.3 is 9.47 Å². The maximum absolute atomic E-state index is 12.1. The normalized spacial score (nSPS) is 10.6. The summed E-state index contributed by atoms with van der Waals surface area (Å²) < 4.78 is 11.4. The van der Waals surface area contributed by atoms with Gasteiger partial charge in [0.15, 0.2) is 11.5 Å². The fraction of sp³-hybridized carbons (Fsp3) is 0.250. The van der Waals surface area contributed by atoms with Gasteiger partial charge in [-0.05, 0) is 50.1 Å². The van der Waals surface area contributed by atoms with Crippen LogP contribution in [0.25, 0.3) is 0 Å². The minimum absolute atomic E-state index is 0.123. The summed E-state index contributed by atoms with van der Waals surface area (Å²) in [5.74, 6) is 0.885. The van der Waals surface area contributed by atoms with E-state index in [1.807, 2.05) is 26.0 Å². The van der Waals surface area contributed by atoms with Crippen molar-refractivity contribution in [3.63, 3.8) is 0 Å². The number of carbonyl (C=O) groups is 1. The molecule has 0 radical (unpaired) electrons. The van der Waals surface area contributed by atoms with Crippen LogP contribution < -0.4 is 14.9 Å². The number of rotatable bonds is 9. The fourth-order valence-electron chi connectivity index (χ4n) is 2.42. The lowest BCUT2D eigenvalue weighted by molar-refractivity contribution is 0.0955. The summed E-state index contributed by atoms with van der Waals surface area (Å²) in [6.45, 7) is 8.64. The van der Waals surface area contributed by atoms with Gasteiger partial charge in [0.05, 0.1) is 25.0 Å². The van der Waals surface area contributed by atoms with Crippen LogP contribution in [-0.2, 0) is 6.42 Å². The predicted molar refractivity (Wildman–Crippen MR) is 107 cm³/mol. The van der Waals surface area contributed by atoms with Gasteiger partial charge in [-0.2, -0.15) is 5.10 Å². The monoisotopic (exact) mass is 387 g/mol. The number of benzene rings is 1. The zero-order valence-electron chi connectivity index (χ0n) is 15.4. The summed E-state index contributed by atoms with van der Waals surface area (Å²) in [4.78, 5) is 16.0. The topological polar surface area (TPSA) is 72.8 Å². The zero-order chi connectivity index (χ0) is 19.6. The first-order valence-electron chi connectivity index (χ1n) is 8.58. The number of ether oxygens (including phenoxy) is 2. The Labute approximate surface area is 163 Å². The Bertz CT molecular complexity index is 837. The van der Waals surface area contributed by atoms with Crippen LogP contribution in [0.4, 0.5) is 0 Å². The van der Waals surface area contributed by atoms with Crippen molar-refractivity contribution in [3.8, 4) is 11.5 Å². The van der Waals surface area contributed by atoms with E-state index in [-0.39, 0.29) is 10.7 Å². The number of allylic oxidation sites excluding steroid dienone is 1. The van der Waals surface area contributed by atoms with Crippen LogP contribution >= 0.6 is 11.6 Å². The Morgan fingerprint density at radius 2 is 2.11 bits per heavy atom. The molecule has 2 aromatic rings. The highest BCUT2D eigenvalue weighted by molar-refractivity contribution is 6.32. The van der Waals surface area contributed by atoms with Crippen LogP contribution in [0.1, 0.15) is 35.3 Å². The SMILES string of the molecule is C=CCc1cc(C=NNC(=O)c2cccnc2Cl)cc(OCC)c1OCC. The van der Waals surface area contributed by atoms with Crippen LogP contribution in [-0.4, -0.2) is 30.3 Å². The quantitative estimate of drug-likeness (QED) is 0.305. The Hall–Kier alpha value is -2.86. The van der Waals surface area contributed by atoms with Crippen LogP contribution in [0.2, 0.25) is 5.15 Å². The maximum atomic E-state index is 12.1. The molecule has 1 heterocycles. The lowest BCUT2D eigenvalue weighted by Crippen LogP contribution is -2.18. The lowest BCUT2D eigenvalue weighted by Gasteiger charge is -2.15. The molecule has 0 unspecified atom stereocenters. The van der Waals surface area contributed by atoms with Gasteiger partial charge in [-0.15, -0.1) is 6.58 Å². The molecule has 1 aromatic carbocycles. The molecule has 0 saturated carbocycles. The number of hydrazone groups is 1. The van der Waals surface area contributed by atoms with Crippen molar-refractivity contribution in [3.05, 3.63) is 65.0 Å². The predicted octanol–water partition coefficient (Wildman–Crippen LogP) is 4.02. The highest BCUT2D eigenvalue weighted by Crippen LogP contribution is 2.33. The molecule has 0 bridgehead atoms. The summed E-state index contributed by atoms with van der Waals surface area (Å²) in [7, 11) is 0. The van der Waals surface area contributed by atoms with Gasteiger partial charge in [0.1, 0.15) is 5.15 Å². The molecule has 7 heteroatoms. The first-order valence-corrected chi connectivity index (χ1v) is 8.95. The van der Waals surface area contributed by atoms with Gasteiger partial charge >= 0.3 is 0 Å². The standard InChI is InChI=1S/C20H22ClN3O3/c1-4-8-15-11-14(12-17(26-5-2)18(15)27-6-3)13-23-24-20(25)16-9-7-10-22-19(16)21/h4,7,9-13H,1,5-6,8H2,2-3H3,(H,24,25). The molecule has 0 aliphatic heterocycles. The molecule has 1 aromatic heterocycles. The molecule has 0 spiro atoms. The smallest absolute Gasteiger partial charge is 0.274 e. The molecule has 1 amide bonds. The van der Waals surface area contributed by atoms with Gasteiger partial charge in [0, 0.05) is 11.8 Å². The summed E-state index contributed by atoms with van der Waals surface area (Å²) in [5, 5.41) is 4.13. The first-order chi connectivity index (χ1) is 13.1. The summed E-state index contributed by atoms with van der Waals surface area (Å²) in [6.07, 6.45) is 5.46. The van der Waals surface area contributed by atoms with E-state index in [1.54, 1.807) is 18.2 Å². The minimum atomic E-state index is -0.438. The molecule has 27 heavy (non-hydrogen) atoms. The van der Waals surface area contributed by atoms with Gasteiger partial charge in [0.2, 0.25) is 0 Å². The van der Waals surface area contributed by atoms with E-state index in [4.69, 9.17) is 21.1 Å². The second-order valence-corrected chi connectivity index (χ2v) is 5.77. The second kappa shape index (κ2) is 10.3. The first kappa shape index (κ1) is 20.5. The molecule has 0 aliphatic carbocycles. The third-order valence-corrected chi connectivity index (χ3v) is 3.79. The van der Waals surface area contributed by atoms with Gasteiger partial charge in [-0.1, -0.05) is 17.7 Å². The zero-order valence-corrected chi connectivity index (χ0v) is 16.1. The largest absolute Gasteiger partial charge is 0.490 e. The third kappa shape index (κ3) is 5.56. The van der Waals surface area contributed by atoms with E-state index in [1.165, 1.54) is 12.4 Å². The van der Waals surface area contributed by atoms with E-state index >= 15 is 0 Å². The Balaban J connectivity index is 2.24. The number of hydrogen-bond acceptors (Lipinski definition) is 5. The van der Waals surface area contributed by atoms with Gasteiger partial charge in [-0.25, -0.2) is 10.4 Å². The Morgan fingerprint density at radius 1 is 1.33 bits per heavy atom. The van der Waals surface area contributed by atoms with Crippen molar-refractivity contribution in [2.24, 2.45) is 5.10 Å². The molecule has 0 saturated heterocycles. The van der Waals surface area contributed by atoms with Crippen molar-refractivity contribution in [2.45, 2.75) is 20.3 Å². The molecule has 142 valence electrons. The molecule has 0 aliphatic rings. The van der Waals surface area contributed by atoms with E-state index < -0.39 is 5.91 Å². The van der Waals surface area contributed by atoms with Crippen molar-refractivity contribution < 1.29 is 14.3 Å². The molecule has 0 fully saturated rings. The number of nitrogens with zero attached hydrogens (tertiary/aromatic N) is 2. The van der Waals surface area contributed by atoms with Gasteiger partial charge in [0.25, 0.3) is 5.91 Å². The molecule has 1 N–H and O–H groups in total. The van der Waals surface area contributed by atoms with Gasteiger partial charge in [-0.3, -0.25) is 4.79 Å². The van der Waals surface area contributed by atoms with Crippen molar-refractivity contribution >= 4 is 23.7 Å². The maximum Gasteiger partial charge on any atom is 0.274 e. The minimum Gasteiger partial charge on any atom is -0.490 e. The van der Waals surface area contributed by atoms with Crippen molar-refractivity contribution in [2.75, 3.05) is 13.2 Å². The number of nitrogens with one attached hydrogen (secondary N) is 1. The molecular formula is C20H22ClN3O3. The summed E-state index contributed by atoms with van der Waals surface area (Å²) in [6, 6.07) is 6.94. The van der Waals surface area contributed by atoms with E-state index in [0.29, 0.717) is 31.1 Å². The highest BCUT2D eigenvalue weighted by atomic mass is 35.5. The highest BCUT2D eigenvalue weighted by Gasteiger charge is 2.13. The number of amides is 1. The average Bonchev–Trinajstić information content (AvgIpc) is 2.65. The number of halogens is 1. The Kier molecular flexibility index (Phi) is 7.82. The van der Waals surface area contributed by atoms with Crippen LogP contribution in [0, 0.1) is 0 Å². The van der Waals surface area contributed by atoms with E-state index in [2.05, 4.69) is 22.1 Å². The molecule has 0 atom stereocenters. The second-order valence-electron chi connectivity index (χ2n) is 5.41. The number of aromatic nitrogens is 1. The lowest BCUT2D eigenvalue weighted by atomic mass is 10.1. The van der Waals surface area contributed by atoms with Crippen molar-refractivity contribution in [1.29, 1.82) is 0 Å². The third-order valence-electron chi connectivity index (χ3n) is 3.49. The van der Waals surface area contributed by atoms with E-state index in [0.717, 1.165) is 11.1 Å².